The molecule has 0 aliphatic heterocycles. The molecule has 0 saturated carbocycles. The Labute approximate surface area is 156 Å². The number of nitrogens with zero attached hydrogens (tertiary/aromatic N) is 2. The fraction of sp³-hybridized carbons (Fsp3) is 0.0625. The van der Waals surface area contributed by atoms with Crippen LogP contribution in [-0.2, 0) is 16.2 Å². The number of nitrogens with two attached hydrogens (primary N) is 1. The van der Waals surface area contributed by atoms with E-state index in [0.717, 1.165) is 6.07 Å². The predicted molar refractivity (Wildman–Crippen MR) is 90.3 cm³/mol. The first-order chi connectivity index (χ1) is 12.5. The van der Waals surface area contributed by atoms with Crippen molar-refractivity contribution in [2.45, 2.75) is 11.1 Å². The molecule has 2 aromatic carbocycles. The normalized spacial score (nSPS) is 12.4. The molecule has 0 aliphatic carbocycles. The molecule has 3 aromatic rings. The number of rotatable bonds is 3. The number of para-hydroxylation sites is 1. The van der Waals surface area contributed by atoms with E-state index >= 15 is 0 Å². The van der Waals surface area contributed by atoms with Crippen molar-refractivity contribution in [3.05, 3.63) is 65.1 Å². The Morgan fingerprint density at radius 2 is 1.63 bits per heavy atom. The zero-order valence-electron chi connectivity index (χ0n) is 13.2. The Hall–Kier alpha value is -2.43. The molecular weight excluding hydrogens is 410 g/mol. The van der Waals surface area contributed by atoms with Crippen LogP contribution in [0.4, 0.5) is 17.6 Å². The van der Waals surface area contributed by atoms with Gasteiger partial charge in [-0.25, -0.2) is 22.6 Å². The first-order valence-corrected chi connectivity index (χ1v) is 9.16. The lowest BCUT2D eigenvalue weighted by atomic mass is 10.1. The first-order valence-electron chi connectivity index (χ1n) is 7.24. The largest absolute Gasteiger partial charge is 0.438 e. The predicted octanol–water partition coefficient (Wildman–Crippen LogP) is 4.00. The van der Waals surface area contributed by atoms with Crippen LogP contribution in [0.15, 0.2) is 53.4 Å². The number of hydrogen-bond donors (Lipinski definition) is 1. The van der Waals surface area contributed by atoms with Crippen LogP contribution >= 0.6 is 11.6 Å². The number of sulfonamides is 1. The maximum atomic E-state index is 14.7. The summed E-state index contributed by atoms with van der Waals surface area (Å²) in [6, 6.07) is 10.2. The minimum Gasteiger partial charge on any atom is -0.228 e. The van der Waals surface area contributed by atoms with Crippen LogP contribution in [-0.4, -0.2) is 18.2 Å². The Morgan fingerprint density at radius 3 is 2.19 bits per heavy atom. The lowest BCUT2D eigenvalue weighted by Gasteiger charge is -2.11. The average molecular weight is 420 g/mol. The molecule has 3 rings (SSSR count). The highest BCUT2D eigenvalue weighted by molar-refractivity contribution is 7.89. The van der Waals surface area contributed by atoms with E-state index in [2.05, 4.69) is 5.10 Å². The van der Waals surface area contributed by atoms with E-state index in [-0.39, 0.29) is 16.3 Å². The Balaban J connectivity index is 2.39. The summed E-state index contributed by atoms with van der Waals surface area (Å²) >= 11 is 5.77. The number of aromatic nitrogens is 2. The van der Waals surface area contributed by atoms with Gasteiger partial charge >= 0.3 is 6.18 Å². The van der Waals surface area contributed by atoms with Gasteiger partial charge in [0.05, 0.1) is 5.69 Å². The van der Waals surface area contributed by atoms with Crippen LogP contribution in [0, 0.1) is 5.82 Å². The molecule has 0 radical (unpaired) electrons. The van der Waals surface area contributed by atoms with Gasteiger partial charge in [-0.1, -0.05) is 35.9 Å². The Morgan fingerprint density at radius 1 is 1.04 bits per heavy atom. The summed E-state index contributed by atoms with van der Waals surface area (Å²) in [7, 11) is -4.31. The quantitative estimate of drug-likeness (QED) is 0.652. The van der Waals surface area contributed by atoms with Crippen molar-refractivity contribution in [3.63, 3.8) is 0 Å². The molecule has 142 valence electrons. The summed E-state index contributed by atoms with van der Waals surface area (Å²) in [5.74, 6) is -1.64. The minimum atomic E-state index is -5.09. The van der Waals surface area contributed by atoms with Crippen molar-refractivity contribution in [2.75, 3.05) is 0 Å². The van der Waals surface area contributed by atoms with Crippen LogP contribution in [0.5, 0.6) is 0 Å². The van der Waals surface area contributed by atoms with Crippen LogP contribution in [0.3, 0.4) is 0 Å². The Kier molecular flexibility index (Phi) is 4.74. The van der Waals surface area contributed by atoms with E-state index in [1.54, 1.807) is 0 Å². The third-order valence-corrected chi connectivity index (χ3v) is 4.82. The maximum Gasteiger partial charge on any atom is 0.438 e. The maximum absolute atomic E-state index is 14.7. The van der Waals surface area contributed by atoms with E-state index in [0.29, 0.717) is 4.68 Å². The second-order valence-electron chi connectivity index (χ2n) is 5.44. The van der Waals surface area contributed by atoms with Gasteiger partial charge in [0.15, 0.2) is 5.82 Å². The number of alkyl halides is 3. The summed E-state index contributed by atoms with van der Waals surface area (Å²) in [4.78, 5) is -0.503. The van der Waals surface area contributed by atoms with Crippen molar-refractivity contribution in [1.82, 2.24) is 9.78 Å². The summed E-state index contributed by atoms with van der Waals surface area (Å²) in [5, 5.41) is 8.70. The van der Waals surface area contributed by atoms with Gasteiger partial charge < -0.3 is 0 Å². The van der Waals surface area contributed by atoms with Gasteiger partial charge in [0.25, 0.3) is 0 Å². The summed E-state index contributed by atoms with van der Waals surface area (Å²) in [5.41, 5.74) is -2.66. The number of benzene rings is 2. The van der Waals surface area contributed by atoms with Crippen LogP contribution in [0.1, 0.15) is 5.69 Å². The zero-order chi connectivity index (χ0) is 20.0. The second-order valence-corrected chi connectivity index (χ2v) is 7.41. The summed E-state index contributed by atoms with van der Waals surface area (Å²) in [6.07, 6.45) is -5.09. The molecule has 2 N–H and O–H groups in total. The van der Waals surface area contributed by atoms with E-state index in [1.807, 2.05) is 0 Å². The van der Waals surface area contributed by atoms with E-state index in [1.165, 1.54) is 42.5 Å². The molecule has 0 bridgehead atoms. The number of hydrogen-bond acceptors (Lipinski definition) is 3. The third kappa shape index (κ3) is 3.68. The second kappa shape index (κ2) is 6.63. The van der Waals surface area contributed by atoms with Crippen molar-refractivity contribution >= 4 is 21.6 Å². The minimum absolute atomic E-state index is 0.0177. The molecule has 27 heavy (non-hydrogen) atoms. The molecule has 0 unspecified atom stereocenters. The molecule has 1 aromatic heterocycles. The van der Waals surface area contributed by atoms with E-state index in [4.69, 9.17) is 16.7 Å². The van der Waals surface area contributed by atoms with Crippen LogP contribution in [0.25, 0.3) is 16.9 Å². The van der Waals surface area contributed by atoms with Gasteiger partial charge in [0.2, 0.25) is 15.7 Å². The summed E-state index contributed by atoms with van der Waals surface area (Å²) in [6.45, 7) is 0. The lowest BCUT2D eigenvalue weighted by Crippen LogP contribution is -2.16. The van der Waals surface area contributed by atoms with Gasteiger partial charge in [-0.2, -0.15) is 18.3 Å². The van der Waals surface area contributed by atoms with E-state index < -0.39 is 38.3 Å². The standard InChI is InChI=1S/C16H10ClF4N3O2S/c17-10-7-5-9(6-8-10)14-13(18)15(16(19,20)21)23-24(14)11-3-1-2-4-12(11)27(22,25)26/h1-8H,(H2,22,25,26). The Bertz CT molecular complexity index is 1110. The van der Waals surface area contributed by atoms with Gasteiger partial charge in [-0.3, -0.25) is 0 Å². The molecule has 1 heterocycles. The van der Waals surface area contributed by atoms with Gasteiger partial charge in [0, 0.05) is 10.6 Å². The van der Waals surface area contributed by atoms with Crippen molar-refractivity contribution in [1.29, 1.82) is 0 Å². The van der Waals surface area contributed by atoms with Crippen molar-refractivity contribution in [3.8, 4) is 16.9 Å². The SMILES string of the molecule is NS(=O)(=O)c1ccccc1-n1nc(C(F)(F)F)c(F)c1-c1ccc(Cl)cc1. The molecule has 5 nitrogen and oxygen atoms in total. The molecule has 0 spiro atoms. The zero-order valence-corrected chi connectivity index (χ0v) is 14.8. The monoisotopic (exact) mass is 419 g/mol. The summed E-state index contributed by atoms with van der Waals surface area (Å²) < 4.78 is 78.4. The van der Waals surface area contributed by atoms with Crippen LogP contribution in [0.2, 0.25) is 5.02 Å². The van der Waals surface area contributed by atoms with Crippen LogP contribution < -0.4 is 5.14 Å². The number of halogens is 5. The fourth-order valence-electron chi connectivity index (χ4n) is 2.48. The van der Waals surface area contributed by atoms with Crippen molar-refractivity contribution < 1.29 is 26.0 Å². The first kappa shape index (κ1) is 19.3. The fourth-order valence-corrected chi connectivity index (χ4v) is 3.32. The lowest BCUT2D eigenvalue weighted by molar-refractivity contribution is -0.143. The average Bonchev–Trinajstić information content (AvgIpc) is 2.92. The highest BCUT2D eigenvalue weighted by Gasteiger charge is 2.41. The highest BCUT2D eigenvalue weighted by Crippen LogP contribution is 2.37. The molecule has 0 atom stereocenters. The topological polar surface area (TPSA) is 78.0 Å². The molecular formula is C16H10ClF4N3O2S. The van der Waals surface area contributed by atoms with E-state index in [9.17, 15) is 26.0 Å². The number of primary sulfonamides is 1. The third-order valence-electron chi connectivity index (χ3n) is 3.61. The molecule has 0 saturated heterocycles. The van der Waals surface area contributed by atoms with Crippen molar-refractivity contribution in [2.24, 2.45) is 5.14 Å². The van der Waals surface area contributed by atoms with Gasteiger partial charge in [0.1, 0.15) is 10.6 Å². The molecule has 0 fully saturated rings. The highest BCUT2D eigenvalue weighted by atomic mass is 35.5. The van der Waals surface area contributed by atoms with Gasteiger partial charge in [-0.05, 0) is 24.3 Å². The molecule has 11 heteroatoms. The smallest absolute Gasteiger partial charge is 0.228 e. The molecule has 0 aliphatic rings. The molecule has 0 amide bonds. The van der Waals surface area contributed by atoms with Gasteiger partial charge in [-0.15, -0.1) is 0 Å².